The zero-order valence-corrected chi connectivity index (χ0v) is 23.6. The monoisotopic (exact) mass is 543 g/mol. The first-order valence-electron chi connectivity index (χ1n) is 14.8. The van der Waals surface area contributed by atoms with Crippen LogP contribution in [-0.4, -0.2) is 6.21 Å². The highest BCUT2D eigenvalue weighted by Crippen LogP contribution is 2.37. The summed E-state index contributed by atoms with van der Waals surface area (Å²) in [6.45, 7) is 0. The molecule has 6 aromatic carbocycles. The van der Waals surface area contributed by atoms with E-state index in [1.165, 1.54) is 46.8 Å². The van der Waals surface area contributed by atoms with Crippen LogP contribution in [0.4, 0.5) is 28.4 Å². The van der Waals surface area contributed by atoms with Crippen molar-refractivity contribution >= 4 is 45.4 Å². The third kappa shape index (κ3) is 5.42. The predicted molar refractivity (Wildman–Crippen MR) is 178 cm³/mol. The molecule has 0 aliphatic heterocycles. The molecule has 6 aromatic rings. The molecule has 0 N–H and O–H groups in total. The van der Waals surface area contributed by atoms with E-state index in [-0.39, 0.29) is 0 Å². The molecule has 1 aliphatic rings. The maximum Gasteiger partial charge on any atom is 0.0659 e. The van der Waals surface area contributed by atoms with Crippen LogP contribution in [0.3, 0.4) is 0 Å². The number of nitrogens with zero attached hydrogens (tertiary/aromatic N) is 3. The van der Waals surface area contributed by atoms with Gasteiger partial charge in [0, 0.05) is 17.1 Å². The minimum Gasteiger partial charge on any atom is -0.310 e. The first-order chi connectivity index (χ1) is 20.8. The number of fused-ring (bicyclic) bond motifs is 2. The van der Waals surface area contributed by atoms with E-state index in [1.807, 2.05) is 29.4 Å². The van der Waals surface area contributed by atoms with Gasteiger partial charge in [0.05, 0.1) is 17.6 Å². The van der Waals surface area contributed by atoms with Crippen molar-refractivity contribution in [1.29, 1.82) is 0 Å². The van der Waals surface area contributed by atoms with Crippen LogP contribution in [0, 0.1) is 0 Å². The molecule has 0 fully saturated rings. The Morgan fingerprint density at radius 3 is 1.81 bits per heavy atom. The van der Waals surface area contributed by atoms with Gasteiger partial charge in [-0.1, -0.05) is 84.9 Å². The molecule has 0 heterocycles. The fraction of sp³-hybridized carbons (Fsp3) is 0.103. The quantitative estimate of drug-likeness (QED) is 0.147. The van der Waals surface area contributed by atoms with Gasteiger partial charge in [-0.2, -0.15) is 5.10 Å². The number of hydrazone groups is 1. The van der Waals surface area contributed by atoms with Gasteiger partial charge in [-0.25, -0.2) is 5.01 Å². The number of benzene rings is 6. The van der Waals surface area contributed by atoms with Crippen molar-refractivity contribution in [1.82, 2.24) is 0 Å². The van der Waals surface area contributed by atoms with E-state index < -0.39 is 0 Å². The summed E-state index contributed by atoms with van der Waals surface area (Å²) in [7, 11) is 0. The summed E-state index contributed by atoms with van der Waals surface area (Å²) in [6, 6.07) is 51.5. The largest absolute Gasteiger partial charge is 0.310 e. The molecule has 42 heavy (non-hydrogen) atoms. The number of para-hydroxylation sites is 2. The average Bonchev–Trinajstić information content (AvgIpc) is 3.06. The van der Waals surface area contributed by atoms with E-state index in [9.17, 15) is 0 Å². The summed E-state index contributed by atoms with van der Waals surface area (Å²) in [6.07, 6.45) is 6.86. The zero-order chi connectivity index (χ0) is 28.1. The lowest BCUT2D eigenvalue weighted by atomic mass is 9.91. The van der Waals surface area contributed by atoms with Crippen LogP contribution in [0.25, 0.3) is 10.8 Å². The van der Waals surface area contributed by atoms with Gasteiger partial charge in [-0.15, -0.1) is 0 Å². The highest BCUT2D eigenvalue weighted by Gasteiger charge is 2.16. The van der Waals surface area contributed by atoms with Gasteiger partial charge in [-0.05, 0) is 114 Å². The summed E-state index contributed by atoms with van der Waals surface area (Å²) >= 11 is 0. The fourth-order valence-electron chi connectivity index (χ4n) is 5.88. The summed E-state index contributed by atoms with van der Waals surface area (Å²) in [5.74, 6) is 0. The molecular formula is C39H33N3. The molecular weight excluding hydrogens is 510 g/mol. The van der Waals surface area contributed by atoms with Gasteiger partial charge in [0.15, 0.2) is 0 Å². The molecule has 0 bridgehead atoms. The van der Waals surface area contributed by atoms with Crippen LogP contribution in [0.2, 0.25) is 0 Å². The summed E-state index contributed by atoms with van der Waals surface area (Å²) in [5.41, 5.74) is 9.55. The summed E-state index contributed by atoms with van der Waals surface area (Å²) < 4.78 is 0. The first kappa shape index (κ1) is 25.8. The summed E-state index contributed by atoms with van der Waals surface area (Å²) in [4.78, 5) is 2.35. The van der Waals surface area contributed by atoms with E-state index in [4.69, 9.17) is 5.10 Å². The SMILES string of the molecule is C(=N\N(c1ccccc1)c1ccc2ccccc2c1)/c1ccc(N(c2ccccc2)c2ccc3c(c2)CCCC3)cc1. The molecule has 0 radical (unpaired) electrons. The number of anilines is 5. The predicted octanol–water partition coefficient (Wildman–Crippen LogP) is 10.4. The van der Waals surface area contributed by atoms with Crippen molar-refractivity contribution in [2.75, 3.05) is 9.91 Å². The third-order valence-electron chi connectivity index (χ3n) is 8.06. The highest BCUT2D eigenvalue weighted by molar-refractivity contribution is 5.88. The van der Waals surface area contributed by atoms with Crippen LogP contribution >= 0.6 is 0 Å². The minimum atomic E-state index is 1.02. The molecule has 0 spiro atoms. The van der Waals surface area contributed by atoms with E-state index in [0.717, 1.165) is 34.7 Å². The second-order valence-electron chi connectivity index (χ2n) is 10.8. The topological polar surface area (TPSA) is 18.8 Å². The standard InChI is InChI=1S/C39H33N3/c1-3-15-35(16-4-1)41(38-25-21-31-11-7-9-13-33(31)27-38)36-23-19-30(20-24-36)29-40-42(37-17-5-2-6-18-37)39-26-22-32-12-8-10-14-34(32)28-39/h1-6,8,10,12,14-29H,7,9,11,13H2/b40-29+. The second kappa shape index (κ2) is 11.8. The van der Waals surface area contributed by atoms with Crippen molar-refractivity contribution < 1.29 is 0 Å². The Bertz CT molecular complexity index is 1830. The van der Waals surface area contributed by atoms with E-state index >= 15 is 0 Å². The molecule has 0 saturated carbocycles. The molecule has 7 rings (SSSR count). The Kier molecular flexibility index (Phi) is 7.22. The Morgan fingerprint density at radius 1 is 0.452 bits per heavy atom. The normalized spacial score (nSPS) is 12.8. The fourth-order valence-corrected chi connectivity index (χ4v) is 5.88. The Morgan fingerprint density at radius 2 is 1.05 bits per heavy atom. The van der Waals surface area contributed by atoms with Gasteiger partial charge in [0.25, 0.3) is 0 Å². The number of hydrogen-bond donors (Lipinski definition) is 0. The number of hydrogen-bond acceptors (Lipinski definition) is 3. The Hall–Kier alpha value is -5.15. The lowest BCUT2D eigenvalue weighted by Gasteiger charge is -2.27. The number of rotatable bonds is 7. The van der Waals surface area contributed by atoms with Crippen LogP contribution in [0.1, 0.15) is 29.5 Å². The van der Waals surface area contributed by atoms with Gasteiger partial charge in [0.1, 0.15) is 0 Å². The van der Waals surface area contributed by atoms with Crippen molar-refractivity contribution in [2.45, 2.75) is 25.7 Å². The molecule has 0 aromatic heterocycles. The molecule has 3 nitrogen and oxygen atoms in total. The lowest BCUT2D eigenvalue weighted by molar-refractivity contribution is 0.685. The van der Waals surface area contributed by atoms with E-state index in [1.54, 1.807) is 0 Å². The van der Waals surface area contributed by atoms with E-state index in [0.29, 0.717) is 0 Å². The van der Waals surface area contributed by atoms with E-state index in [2.05, 4.69) is 132 Å². The first-order valence-corrected chi connectivity index (χ1v) is 14.8. The second-order valence-corrected chi connectivity index (χ2v) is 10.8. The maximum atomic E-state index is 4.98. The molecule has 0 atom stereocenters. The smallest absolute Gasteiger partial charge is 0.0659 e. The van der Waals surface area contributed by atoms with Crippen molar-refractivity contribution in [3.8, 4) is 0 Å². The Labute approximate surface area is 248 Å². The van der Waals surface area contributed by atoms with Gasteiger partial charge < -0.3 is 4.90 Å². The minimum absolute atomic E-state index is 1.02. The molecule has 0 amide bonds. The number of aryl methyl sites for hydroxylation is 2. The molecule has 0 unspecified atom stereocenters. The third-order valence-corrected chi connectivity index (χ3v) is 8.06. The van der Waals surface area contributed by atoms with Crippen molar-refractivity contribution in [2.24, 2.45) is 5.10 Å². The lowest BCUT2D eigenvalue weighted by Crippen LogP contribution is -2.12. The molecule has 3 heteroatoms. The van der Waals surface area contributed by atoms with Crippen LogP contribution in [0.15, 0.2) is 151 Å². The van der Waals surface area contributed by atoms with Crippen LogP contribution in [-0.2, 0) is 12.8 Å². The maximum absolute atomic E-state index is 4.98. The van der Waals surface area contributed by atoms with Crippen LogP contribution < -0.4 is 9.91 Å². The molecule has 1 aliphatic carbocycles. The Balaban J connectivity index is 1.21. The van der Waals surface area contributed by atoms with Crippen LogP contribution in [0.5, 0.6) is 0 Å². The average molecular weight is 544 g/mol. The molecule has 204 valence electrons. The van der Waals surface area contributed by atoms with Crippen molar-refractivity contribution in [3.63, 3.8) is 0 Å². The zero-order valence-electron chi connectivity index (χ0n) is 23.6. The molecule has 0 saturated heterocycles. The van der Waals surface area contributed by atoms with Gasteiger partial charge in [0.2, 0.25) is 0 Å². The van der Waals surface area contributed by atoms with Crippen molar-refractivity contribution in [3.05, 3.63) is 162 Å². The van der Waals surface area contributed by atoms with Gasteiger partial charge in [-0.3, -0.25) is 0 Å². The van der Waals surface area contributed by atoms with Gasteiger partial charge >= 0.3 is 0 Å². The highest BCUT2D eigenvalue weighted by atomic mass is 15.5. The summed E-state index contributed by atoms with van der Waals surface area (Å²) in [5, 5.41) is 9.39.